The number of fused-ring (bicyclic) bond motifs is 1. The molecule has 0 saturated heterocycles. The van der Waals surface area contributed by atoms with E-state index >= 15 is 0 Å². The smallest absolute Gasteiger partial charge is 0.234 e. The van der Waals surface area contributed by atoms with E-state index in [0.29, 0.717) is 5.16 Å². The molecule has 2 heterocycles. The number of hydrogen-bond donors (Lipinski definition) is 1. The van der Waals surface area contributed by atoms with Gasteiger partial charge < -0.3 is 10.2 Å². The summed E-state index contributed by atoms with van der Waals surface area (Å²) in [5.41, 5.74) is 4.89. The molecule has 0 unspecified atom stereocenters. The first-order valence-corrected chi connectivity index (χ1v) is 11.9. The molecule has 160 valence electrons. The standard InChI is InChI=1S/C25H28N4OS/c1-2-3-6-19-9-11-22(12-10-19)27-24(30)18-31-25-26-15-13-23(28-25)29-16-14-20-7-4-5-8-21(20)17-29/h4-5,7-13,15H,2-3,6,14,16-18H2,1H3,(H,27,30). The van der Waals surface area contributed by atoms with Crippen molar-refractivity contribution in [3.05, 3.63) is 77.5 Å². The van der Waals surface area contributed by atoms with Crippen molar-refractivity contribution in [1.82, 2.24) is 9.97 Å². The first-order valence-electron chi connectivity index (χ1n) is 10.9. The van der Waals surface area contributed by atoms with Crippen LogP contribution in [-0.2, 0) is 24.2 Å². The van der Waals surface area contributed by atoms with Crippen molar-refractivity contribution in [2.75, 3.05) is 22.5 Å². The fourth-order valence-corrected chi connectivity index (χ4v) is 4.36. The van der Waals surface area contributed by atoms with Crippen LogP contribution >= 0.6 is 11.8 Å². The molecular formula is C25H28N4OS. The highest BCUT2D eigenvalue weighted by Gasteiger charge is 2.17. The van der Waals surface area contributed by atoms with Crippen LogP contribution in [0.1, 0.15) is 36.5 Å². The maximum Gasteiger partial charge on any atom is 0.234 e. The Morgan fingerprint density at radius 2 is 1.90 bits per heavy atom. The molecule has 0 fully saturated rings. The number of rotatable bonds is 8. The quantitative estimate of drug-likeness (QED) is 0.396. The Hall–Kier alpha value is -2.86. The van der Waals surface area contributed by atoms with E-state index in [1.165, 1.54) is 41.3 Å². The third-order valence-corrected chi connectivity index (χ3v) is 6.32. The Labute approximate surface area is 188 Å². The fourth-order valence-electron chi connectivity index (χ4n) is 3.73. The Balaban J connectivity index is 1.30. The van der Waals surface area contributed by atoms with Gasteiger partial charge in [0.15, 0.2) is 5.16 Å². The minimum Gasteiger partial charge on any atom is -0.352 e. The van der Waals surface area contributed by atoms with Crippen molar-refractivity contribution in [2.24, 2.45) is 0 Å². The lowest BCUT2D eigenvalue weighted by Crippen LogP contribution is -2.31. The van der Waals surface area contributed by atoms with Crippen LogP contribution in [0, 0.1) is 0 Å². The molecule has 4 rings (SSSR count). The number of nitrogens with zero attached hydrogens (tertiary/aromatic N) is 3. The zero-order valence-corrected chi connectivity index (χ0v) is 18.7. The van der Waals surface area contributed by atoms with Crippen LogP contribution in [0.2, 0.25) is 0 Å². The molecule has 1 aliphatic rings. The number of benzene rings is 2. The lowest BCUT2D eigenvalue weighted by molar-refractivity contribution is -0.113. The zero-order chi connectivity index (χ0) is 21.5. The summed E-state index contributed by atoms with van der Waals surface area (Å²) in [5.74, 6) is 1.14. The number of anilines is 2. The van der Waals surface area contributed by atoms with Crippen LogP contribution in [0.25, 0.3) is 0 Å². The highest BCUT2D eigenvalue weighted by molar-refractivity contribution is 7.99. The third kappa shape index (κ3) is 5.85. The molecule has 1 N–H and O–H groups in total. The highest BCUT2D eigenvalue weighted by atomic mass is 32.2. The van der Waals surface area contributed by atoms with Crippen LogP contribution in [0.4, 0.5) is 11.5 Å². The van der Waals surface area contributed by atoms with Crippen LogP contribution in [0.15, 0.2) is 66.0 Å². The Morgan fingerprint density at radius 3 is 2.71 bits per heavy atom. The second kappa shape index (κ2) is 10.4. The molecule has 0 bridgehead atoms. The molecule has 31 heavy (non-hydrogen) atoms. The van der Waals surface area contributed by atoms with Crippen LogP contribution in [-0.4, -0.2) is 28.2 Å². The van der Waals surface area contributed by atoms with E-state index < -0.39 is 0 Å². The summed E-state index contributed by atoms with van der Waals surface area (Å²) < 4.78 is 0. The van der Waals surface area contributed by atoms with E-state index in [1.807, 2.05) is 18.2 Å². The Bertz CT molecular complexity index is 1020. The molecule has 5 nitrogen and oxygen atoms in total. The van der Waals surface area contributed by atoms with E-state index in [9.17, 15) is 4.79 Å². The second-order valence-corrected chi connectivity index (χ2v) is 8.72. The van der Waals surface area contributed by atoms with Gasteiger partial charge in [-0.2, -0.15) is 0 Å². The topological polar surface area (TPSA) is 58.1 Å². The fraction of sp³-hybridized carbons (Fsp3) is 0.320. The Morgan fingerprint density at radius 1 is 1.10 bits per heavy atom. The van der Waals surface area contributed by atoms with Gasteiger partial charge in [-0.1, -0.05) is 61.5 Å². The van der Waals surface area contributed by atoms with E-state index in [2.05, 4.69) is 63.5 Å². The molecule has 3 aromatic rings. The number of carbonyl (C=O) groups excluding carboxylic acids is 1. The van der Waals surface area contributed by atoms with Crippen molar-refractivity contribution < 1.29 is 4.79 Å². The molecule has 2 aromatic carbocycles. The first kappa shape index (κ1) is 21.4. The van der Waals surface area contributed by atoms with Crippen LogP contribution in [0.5, 0.6) is 0 Å². The molecule has 6 heteroatoms. The summed E-state index contributed by atoms with van der Waals surface area (Å²) in [4.78, 5) is 23.7. The molecule has 1 aromatic heterocycles. The van der Waals surface area contributed by atoms with E-state index in [0.717, 1.165) is 37.4 Å². The van der Waals surface area contributed by atoms with Gasteiger partial charge in [0, 0.05) is 25.0 Å². The van der Waals surface area contributed by atoms with Crippen molar-refractivity contribution in [3.63, 3.8) is 0 Å². The van der Waals surface area contributed by atoms with Crippen molar-refractivity contribution >= 4 is 29.2 Å². The van der Waals surface area contributed by atoms with E-state index in [1.54, 1.807) is 6.20 Å². The van der Waals surface area contributed by atoms with Gasteiger partial charge in [0.05, 0.1) is 5.75 Å². The van der Waals surface area contributed by atoms with Gasteiger partial charge >= 0.3 is 0 Å². The zero-order valence-electron chi connectivity index (χ0n) is 17.9. The van der Waals surface area contributed by atoms with Gasteiger partial charge in [-0.15, -0.1) is 0 Å². The number of carbonyl (C=O) groups is 1. The lowest BCUT2D eigenvalue weighted by atomic mass is 10.00. The number of nitrogens with one attached hydrogen (secondary N) is 1. The molecule has 0 aliphatic carbocycles. The van der Waals surface area contributed by atoms with Crippen LogP contribution < -0.4 is 10.2 Å². The molecular weight excluding hydrogens is 404 g/mol. The van der Waals surface area contributed by atoms with E-state index in [-0.39, 0.29) is 11.7 Å². The monoisotopic (exact) mass is 432 g/mol. The second-order valence-electron chi connectivity index (χ2n) is 7.78. The number of unbranched alkanes of at least 4 members (excludes halogenated alkanes) is 1. The maximum absolute atomic E-state index is 12.4. The van der Waals surface area contributed by atoms with Gasteiger partial charge in [0.2, 0.25) is 5.91 Å². The molecule has 0 spiro atoms. The van der Waals surface area contributed by atoms with Crippen molar-refractivity contribution in [2.45, 2.75) is 44.3 Å². The van der Waals surface area contributed by atoms with Gasteiger partial charge in [-0.3, -0.25) is 4.79 Å². The Kier molecular flexibility index (Phi) is 7.20. The van der Waals surface area contributed by atoms with Gasteiger partial charge in [0.25, 0.3) is 0 Å². The van der Waals surface area contributed by atoms with E-state index in [4.69, 9.17) is 0 Å². The number of hydrogen-bond acceptors (Lipinski definition) is 5. The predicted octanol–water partition coefficient (Wildman–Crippen LogP) is 5.11. The lowest BCUT2D eigenvalue weighted by Gasteiger charge is -2.29. The SMILES string of the molecule is CCCCc1ccc(NC(=O)CSc2nccc(N3CCc4ccccc4C3)n2)cc1. The van der Waals surface area contributed by atoms with Crippen molar-refractivity contribution in [3.8, 4) is 0 Å². The normalized spacial score (nSPS) is 13.0. The van der Waals surface area contributed by atoms with Gasteiger partial charge in [0.1, 0.15) is 5.82 Å². The third-order valence-electron chi connectivity index (χ3n) is 5.46. The molecule has 0 radical (unpaired) electrons. The molecule has 1 amide bonds. The highest BCUT2D eigenvalue weighted by Crippen LogP contribution is 2.24. The predicted molar refractivity (Wildman–Crippen MR) is 128 cm³/mol. The average molecular weight is 433 g/mol. The minimum absolute atomic E-state index is 0.0489. The molecule has 0 saturated carbocycles. The summed E-state index contributed by atoms with van der Waals surface area (Å²) in [6.45, 7) is 3.98. The van der Waals surface area contributed by atoms with Gasteiger partial charge in [-0.05, 0) is 54.2 Å². The van der Waals surface area contributed by atoms with Crippen LogP contribution in [0.3, 0.4) is 0 Å². The molecule has 1 aliphatic heterocycles. The summed E-state index contributed by atoms with van der Waals surface area (Å²) in [5, 5.41) is 3.59. The number of aryl methyl sites for hydroxylation is 1. The maximum atomic E-state index is 12.4. The molecule has 0 atom stereocenters. The van der Waals surface area contributed by atoms with Gasteiger partial charge in [-0.25, -0.2) is 9.97 Å². The summed E-state index contributed by atoms with van der Waals surface area (Å²) in [6.07, 6.45) is 6.24. The number of amides is 1. The summed E-state index contributed by atoms with van der Waals surface area (Å²) in [6, 6.07) is 18.6. The minimum atomic E-state index is -0.0489. The summed E-state index contributed by atoms with van der Waals surface area (Å²) in [7, 11) is 0. The van der Waals surface area contributed by atoms with Crippen molar-refractivity contribution in [1.29, 1.82) is 0 Å². The largest absolute Gasteiger partial charge is 0.352 e. The summed E-state index contributed by atoms with van der Waals surface area (Å²) >= 11 is 1.36. The average Bonchev–Trinajstić information content (AvgIpc) is 2.82. The first-order chi connectivity index (χ1) is 15.2. The number of aromatic nitrogens is 2. The number of thioether (sulfide) groups is 1.